The molecule has 0 unspecified atom stereocenters. The second kappa shape index (κ2) is 5.72. The van der Waals surface area contributed by atoms with Gasteiger partial charge < -0.3 is 9.84 Å². The second-order valence-corrected chi connectivity index (χ2v) is 3.82. The van der Waals surface area contributed by atoms with Crippen molar-refractivity contribution < 1.29 is 14.6 Å². The van der Waals surface area contributed by atoms with Crippen LogP contribution in [-0.4, -0.2) is 24.4 Å². The van der Waals surface area contributed by atoms with E-state index in [1.165, 1.54) is 0 Å². The highest BCUT2D eigenvalue weighted by molar-refractivity contribution is 9.10. The van der Waals surface area contributed by atoms with E-state index < -0.39 is 6.09 Å². The van der Waals surface area contributed by atoms with Gasteiger partial charge in [-0.2, -0.15) is 0 Å². The highest BCUT2D eigenvalue weighted by Gasteiger charge is 2.05. The zero-order valence-electron chi connectivity index (χ0n) is 8.29. The van der Waals surface area contributed by atoms with Crippen molar-refractivity contribution in [2.24, 2.45) is 0 Å². The molecule has 0 radical (unpaired) electrons. The van der Waals surface area contributed by atoms with Crippen LogP contribution in [0.25, 0.3) is 0 Å². The van der Waals surface area contributed by atoms with E-state index in [9.17, 15) is 4.79 Å². The molecule has 0 aromatic heterocycles. The van der Waals surface area contributed by atoms with E-state index in [0.717, 1.165) is 10.0 Å². The molecule has 4 nitrogen and oxygen atoms in total. The maximum absolute atomic E-state index is 11.1. The third-order valence-corrected chi connectivity index (χ3v) is 2.34. The molecule has 0 atom stereocenters. The van der Waals surface area contributed by atoms with E-state index in [-0.39, 0.29) is 13.2 Å². The van der Waals surface area contributed by atoms with Gasteiger partial charge in [0.1, 0.15) is 6.61 Å². The first kappa shape index (κ1) is 12.0. The highest BCUT2D eigenvalue weighted by Crippen LogP contribution is 2.23. The number of ether oxygens (including phenoxy) is 1. The third kappa shape index (κ3) is 3.89. The molecule has 15 heavy (non-hydrogen) atoms. The summed E-state index contributed by atoms with van der Waals surface area (Å²) in [6.45, 7) is 1.77. The molecule has 0 bridgehead atoms. The van der Waals surface area contributed by atoms with Crippen molar-refractivity contribution in [3.05, 3.63) is 28.2 Å². The number of nitrogens with one attached hydrogen (secondary N) is 1. The van der Waals surface area contributed by atoms with Crippen LogP contribution >= 0.6 is 15.9 Å². The van der Waals surface area contributed by atoms with Crippen LogP contribution in [0.1, 0.15) is 5.56 Å². The number of aliphatic hydroxyl groups is 1. The van der Waals surface area contributed by atoms with E-state index in [2.05, 4.69) is 26.0 Å². The monoisotopic (exact) mass is 273 g/mol. The zero-order chi connectivity index (χ0) is 11.3. The average Bonchev–Trinajstić information content (AvgIpc) is 2.19. The fourth-order valence-corrected chi connectivity index (χ4v) is 1.60. The molecule has 0 saturated heterocycles. The van der Waals surface area contributed by atoms with E-state index >= 15 is 0 Å². The van der Waals surface area contributed by atoms with E-state index in [4.69, 9.17) is 5.11 Å². The summed E-state index contributed by atoms with van der Waals surface area (Å²) in [6.07, 6.45) is -0.575. The number of rotatable bonds is 3. The second-order valence-electron chi connectivity index (χ2n) is 2.97. The SMILES string of the molecule is Cc1ccc(NC(=O)OCCO)c(Br)c1. The Labute approximate surface area is 96.4 Å². The molecule has 2 N–H and O–H groups in total. The summed E-state index contributed by atoms with van der Waals surface area (Å²) in [4.78, 5) is 11.1. The summed E-state index contributed by atoms with van der Waals surface area (Å²) >= 11 is 3.32. The number of amides is 1. The molecule has 1 rings (SSSR count). The van der Waals surface area contributed by atoms with Crippen LogP contribution in [0.2, 0.25) is 0 Å². The minimum atomic E-state index is -0.575. The molecular weight excluding hydrogens is 262 g/mol. The number of hydrogen-bond donors (Lipinski definition) is 2. The predicted molar refractivity (Wildman–Crippen MR) is 60.9 cm³/mol. The quantitative estimate of drug-likeness (QED) is 0.889. The smallest absolute Gasteiger partial charge is 0.411 e. The van der Waals surface area contributed by atoms with Gasteiger partial charge in [0, 0.05) is 4.47 Å². The van der Waals surface area contributed by atoms with Crippen molar-refractivity contribution in [2.75, 3.05) is 18.5 Å². The van der Waals surface area contributed by atoms with Crippen LogP contribution < -0.4 is 5.32 Å². The molecule has 0 heterocycles. The number of halogens is 1. The molecule has 0 aliphatic rings. The first-order valence-electron chi connectivity index (χ1n) is 4.44. The van der Waals surface area contributed by atoms with Crippen LogP contribution in [0.5, 0.6) is 0 Å². The van der Waals surface area contributed by atoms with Crippen molar-refractivity contribution in [2.45, 2.75) is 6.92 Å². The zero-order valence-corrected chi connectivity index (χ0v) is 9.87. The fourth-order valence-electron chi connectivity index (χ4n) is 1.01. The maximum atomic E-state index is 11.1. The lowest BCUT2D eigenvalue weighted by atomic mass is 10.2. The molecule has 5 heteroatoms. The minimum Gasteiger partial charge on any atom is -0.447 e. The van der Waals surface area contributed by atoms with Crippen LogP contribution in [0.15, 0.2) is 22.7 Å². The first-order valence-corrected chi connectivity index (χ1v) is 5.23. The summed E-state index contributed by atoms with van der Waals surface area (Å²) in [5.74, 6) is 0. The minimum absolute atomic E-state index is 0.00465. The number of carbonyl (C=O) groups excluding carboxylic acids is 1. The summed E-state index contributed by atoms with van der Waals surface area (Å²) in [5, 5.41) is 11.0. The summed E-state index contributed by atoms with van der Waals surface area (Å²) in [7, 11) is 0. The van der Waals surface area contributed by atoms with Crippen LogP contribution in [0.3, 0.4) is 0 Å². The van der Waals surface area contributed by atoms with E-state index in [1.54, 1.807) is 6.07 Å². The molecule has 1 amide bonds. The number of anilines is 1. The van der Waals surface area contributed by atoms with Gasteiger partial charge in [-0.05, 0) is 40.5 Å². The molecule has 1 aromatic rings. The average molecular weight is 274 g/mol. The van der Waals surface area contributed by atoms with Gasteiger partial charge in [0.15, 0.2) is 0 Å². The van der Waals surface area contributed by atoms with Crippen LogP contribution in [-0.2, 0) is 4.74 Å². The Balaban J connectivity index is 2.60. The Morgan fingerprint density at radius 3 is 2.93 bits per heavy atom. The van der Waals surface area contributed by atoms with Crippen LogP contribution in [0, 0.1) is 6.92 Å². The van der Waals surface area contributed by atoms with Crippen molar-refractivity contribution in [3.63, 3.8) is 0 Å². The van der Waals surface area contributed by atoms with Crippen molar-refractivity contribution in [1.82, 2.24) is 0 Å². The Morgan fingerprint density at radius 1 is 1.60 bits per heavy atom. The molecule has 0 fully saturated rings. The maximum Gasteiger partial charge on any atom is 0.411 e. The Morgan fingerprint density at radius 2 is 2.33 bits per heavy atom. The third-order valence-electron chi connectivity index (χ3n) is 1.69. The van der Waals surface area contributed by atoms with Crippen molar-refractivity contribution in [1.29, 1.82) is 0 Å². The normalized spacial score (nSPS) is 9.80. The Kier molecular flexibility index (Phi) is 4.58. The number of aryl methyl sites for hydroxylation is 1. The van der Waals surface area contributed by atoms with Crippen molar-refractivity contribution >= 4 is 27.7 Å². The molecule has 82 valence electrons. The highest BCUT2D eigenvalue weighted by atomic mass is 79.9. The molecule has 1 aromatic carbocycles. The molecule has 0 aliphatic carbocycles. The summed E-state index contributed by atoms with van der Waals surface area (Å²) in [5.41, 5.74) is 1.74. The summed E-state index contributed by atoms with van der Waals surface area (Å²) in [6, 6.07) is 5.55. The molecular formula is C10H12BrNO3. The number of benzene rings is 1. The standard InChI is InChI=1S/C10H12BrNO3/c1-7-2-3-9(8(11)6-7)12-10(14)15-5-4-13/h2-3,6,13H,4-5H2,1H3,(H,12,14). The lowest BCUT2D eigenvalue weighted by Crippen LogP contribution is -2.16. The van der Waals surface area contributed by atoms with E-state index in [1.807, 2.05) is 19.1 Å². The van der Waals surface area contributed by atoms with Gasteiger partial charge in [-0.1, -0.05) is 6.07 Å². The van der Waals surface area contributed by atoms with Gasteiger partial charge in [-0.15, -0.1) is 0 Å². The van der Waals surface area contributed by atoms with Crippen LogP contribution in [0.4, 0.5) is 10.5 Å². The Bertz CT molecular complexity index is 355. The van der Waals surface area contributed by atoms with Crippen molar-refractivity contribution in [3.8, 4) is 0 Å². The number of carbonyl (C=O) groups is 1. The molecule has 0 aliphatic heterocycles. The van der Waals surface area contributed by atoms with E-state index in [0.29, 0.717) is 5.69 Å². The predicted octanol–water partition coefficient (Wildman–Crippen LogP) is 2.30. The number of aliphatic hydroxyl groups excluding tert-OH is 1. The van der Waals surface area contributed by atoms with Gasteiger partial charge in [0.05, 0.1) is 12.3 Å². The Hall–Kier alpha value is -1.07. The summed E-state index contributed by atoms with van der Waals surface area (Å²) < 4.78 is 5.45. The van der Waals surface area contributed by atoms with Gasteiger partial charge in [-0.25, -0.2) is 4.79 Å². The largest absolute Gasteiger partial charge is 0.447 e. The topological polar surface area (TPSA) is 58.6 Å². The molecule has 0 spiro atoms. The van der Waals surface area contributed by atoms with Gasteiger partial charge in [0.2, 0.25) is 0 Å². The lowest BCUT2D eigenvalue weighted by Gasteiger charge is -2.07. The first-order chi connectivity index (χ1) is 7.13. The lowest BCUT2D eigenvalue weighted by molar-refractivity contribution is 0.131. The van der Waals surface area contributed by atoms with Gasteiger partial charge in [-0.3, -0.25) is 5.32 Å². The number of hydrogen-bond acceptors (Lipinski definition) is 3. The van der Waals surface area contributed by atoms with Gasteiger partial charge in [0.25, 0.3) is 0 Å². The van der Waals surface area contributed by atoms with Gasteiger partial charge >= 0.3 is 6.09 Å². The molecule has 0 saturated carbocycles. The fraction of sp³-hybridized carbons (Fsp3) is 0.300.